The first kappa shape index (κ1) is 28.0. The molecule has 0 atom stereocenters. The number of ether oxygens (including phenoxy) is 1. The molecule has 0 unspecified atom stereocenters. The van der Waals surface area contributed by atoms with Gasteiger partial charge in [-0.1, -0.05) is 36.1 Å². The van der Waals surface area contributed by atoms with Crippen molar-refractivity contribution in [2.24, 2.45) is 10.7 Å². The van der Waals surface area contributed by atoms with Gasteiger partial charge in [0.1, 0.15) is 28.8 Å². The topological polar surface area (TPSA) is 157 Å². The molecule has 2 heterocycles. The maximum absolute atomic E-state index is 14.0. The van der Waals surface area contributed by atoms with Crippen molar-refractivity contribution in [2.75, 3.05) is 28.3 Å². The van der Waals surface area contributed by atoms with Crippen LogP contribution in [-0.2, 0) is 4.79 Å². The maximum atomic E-state index is 14.0. The van der Waals surface area contributed by atoms with Crippen molar-refractivity contribution >= 4 is 57.3 Å². The Morgan fingerprint density at radius 1 is 1.10 bits per heavy atom. The molecule has 0 bridgehead atoms. The average molecular weight is 588 g/mol. The van der Waals surface area contributed by atoms with Gasteiger partial charge in [0.25, 0.3) is 11.8 Å². The van der Waals surface area contributed by atoms with Crippen LogP contribution in [0.2, 0.25) is 0 Å². The summed E-state index contributed by atoms with van der Waals surface area (Å²) in [7, 11) is 0. The molecule has 1 aliphatic heterocycles. The first-order valence-corrected chi connectivity index (χ1v) is 13.1. The van der Waals surface area contributed by atoms with Crippen LogP contribution in [0, 0.1) is 11.6 Å². The Labute approximate surface area is 242 Å². The highest BCUT2D eigenvalue weighted by atomic mass is 32.1. The van der Waals surface area contributed by atoms with Gasteiger partial charge in [-0.15, -0.1) is 0 Å². The number of nitrogens with zero attached hydrogens (tertiary/aromatic N) is 2. The summed E-state index contributed by atoms with van der Waals surface area (Å²) in [5, 5.41) is 8.51. The van der Waals surface area contributed by atoms with E-state index in [-0.39, 0.29) is 23.3 Å². The monoisotopic (exact) mass is 587 g/mol. The summed E-state index contributed by atoms with van der Waals surface area (Å²) in [5.74, 6) is -2.24. The first-order valence-electron chi connectivity index (χ1n) is 12.3. The number of anilines is 4. The lowest BCUT2D eigenvalue weighted by molar-refractivity contribution is -0.118. The van der Waals surface area contributed by atoms with Crippen LogP contribution >= 0.6 is 11.3 Å². The van der Waals surface area contributed by atoms with Gasteiger partial charge in [0.2, 0.25) is 0 Å². The van der Waals surface area contributed by atoms with Crippen molar-refractivity contribution in [3.63, 3.8) is 0 Å². The lowest BCUT2D eigenvalue weighted by Crippen LogP contribution is -2.25. The van der Waals surface area contributed by atoms with E-state index in [1.54, 1.807) is 48.5 Å². The molecule has 212 valence electrons. The third kappa shape index (κ3) is 6.26. The lowest BCUT2D eigenvalue weighted by Gasteiger charge is -2.18. The molecule has 4 aromatic rings. The second-order valence-corrected chi connectivity index (χ2v) is 9.91. The highest BCUT2D eigenvalue weighted by Crippen LogP contribution is 2.34. The molecule has 42 heavy (non-hydrogen) atoms. The van der Waals surface area contributed by atoms with Gasteiger partial charge in [-0.3, -0.25) is 9.59 Å². The first-order chi connectivity index (χ1) is 20.2. The van der Waals surface area contributed by atoms with Crippen molar-refractivity contribution < 1.29 is 23.1 Å². The minimum atomic E-state index is -0.971. The van der Waals surface area contributed by atoms with Crippen LogP contribution in [0.5, 0.6) is 5.75 Å². The van der Waals surface area contributed by atoms with E-state index in [0.29, 0.717) is 44.8 Å². The number of hydrogen-bond acceptors (Lipinski definition) is 9. The number of carbonyl (C=O) groups excluding carboxylic acids is 2. The maximum Gasteiger partial charge on any atom is 0.262 e. The molecule has 7 N–H and O–H groups in total. The molecule has 0 spiro atoms. The highest BCUT2D eigenvalue weighted by molar-refractivity contribution is 7.16. The van der Waals surface area contributed by atoms with Crippen LogP contribution in [0.15, 0.2) is 84.1 Å². The molecule has 0 saturated carbocycles. The molecule has 0 aliphatic carbocycles. The molecular formula is C29H23F2N7O3S. The summed E-state index contributed by atoms with van der Waals surface area (Å²) in [4.78, 5) is 33.3. The quantitative estimate of drug-likeness (QED) is 0.177. The number of nitrogens with two attached hydrogens (primary N) is 2. The van der Waals surface area contributed by atoms with Crippen molar-refractivity contribution in [2.45, 2.75) is 0 Å². The van der Waals surface area contributed by atoms with Gasteiger partial charge < -0.3 is 32.2 Å². The van der Waals surface area contributed by atoms with E-state index in [4.69, 9.17) is 16.2 Å². The van der Waals surface area contributed by atoms with Gasteiger partial charge >= 0.3 is 0 Å². The van der Waals surface area contributed by atoms with Crippen LogP contribution in [-0.4, -0.2) is 29.6 Å². The Balaban J connectivity index is 1.30. The summed E-state index contributed by atoms with van der Waals surface area (Å²) in [6.07, 6.45) is 3.00. The molecule has 3 aromatic carbocycles. The van der Waals surface area contributed by atoms with Gasteiger partial charge in [0.15, 0.2) is 11.7 Å². The standard InChI is InChI=1S/C29H23F2N7O3S/c1-15(35-18-8-9-23-22(13-18)37-24(39)14-41-23)34-11-10-21(32)27-26(38-29(33)42-27)16-4-2-5-17(12-16)36-28(40)25-19(30)6-3-7-20(25)31/h2-13,35H,1,14,32H2,(H2,33,38)(H,36,40)(H,37,39)/b21-10-,34-11-. The van der Waals surface area contributed by atoms with Crippen molar-refractivity contribution in [1.82, 2.24) is 4.98 Å². The average Bonchev–Trinajstić information content (AvgIpc) is 3.34. The Bertz CT molecular complexity index is 1760. The van der Waals surface area contributed by atoms with Crippen LogP contribution in [0.4, 0.5) is 31.0 Å². The number of carbonyl (C=O) groups is 2. The number of nitrogen functional groups attached to an aromatic ring is 1. The molecule has 0 radical (unpaired) electrons. The molecule has 13 heteroatoms. The number of amides is 2. The largest absolute Gasteiger partial charge is 0.482 e. The minimum absolute atomic E-state index is 0.0314. The lowest BCUT2D eigenvalue weighted by atomic mass is 10.1. The summed E-state index contributed by atoms with van der Waals surface area (Å²) in [6.45, 7) is 3.84. The molecular weight excluding hydrogens is 564 g/mol. The van der Waals surface area contributed by atoms with E-state index in [9.17, 15) is 18.4 Å². The number of aromatic nitrogens is 1. The van der Waals surface area contributed by atoms with Gasteiger partial charge in [-0.2, -0.15) is 0 Å². The Morgan fingerprint density at radius 2 is 1.83 bits per heavy atom. The van der Waals surface area contributed by atoms with Crippen molar-refractivity contribution in [1.29, 1.82) is 0 Å². The summed E-state index contributed by atoms with van der Waals surface area (Å²) >= 11 is 1.15. The van der Waals surface area contributed by atoms with E-state index in [1.165, 1.54) is 12.3 Å². The molecule has 10 nitrogen and oxygen atoms in total. The zero-order valence-corrected chi connectivity index (χ0v) is 22.6. The van der Waals surface area contributed by atoms with Crippen LogP contribution < -0.4 is 32.2 Å². The second-order valence-electron chi connectivity index (χ2n) is 8.88. The number of aliphatic imine (C=N–C) groups is 1. The number of benzene rings is 3. The molecule has 0 fully saturated rings. The fourth-order valence-electron chi connectivity index (χ4n) is 4.02. The summed E-state index contributed by atoms with van der Waals surface area (Å²) in [5.41, 5.74) is 14.4. The van der Waals surface area contributed by atoms with E-state index < -0.39 is 23.1 Å². The SMILES string of the molecule is C=C(/N=C\C=C(/N)c1sc(N)nc1-c1cccc(NC(=O)c2c(F)cccc2F)c1)Nc1ccc2c(c1)NC(=O)CO2. The van der Waals surface area contributed by atoms with Crippen molar-refractivity contribution in [3.8, 4) is 17.0 Å². The number of thiazole rings is 1. The van der Waals surface area contributed by atoms with Crippen LogP contribution in [0.1, 0.15) is 15.2 Å². The molecule has 0 saturated heterocycles. The molecule has 2 amide bonds. The Morgan fingerprint density at radius 3 is 2.62 bits per heavy atom. The fraction of sp³-hybridized carbons (Fsp3) is 0.0345. The number of halogens is 2. The zero-order chi connectivity index (χ0) is 29.8. The van der Waals surface area contributed by atoms with E-state index in [0.717, 1.165) is 23.5 Å². The molecule has 1 aromatic heterocycles. The fourth-order valence-corrected chi connectivity index (χ4v) is 4.82. The van der Waals surface area contributed by atoms with Crippen molar-refractivity contribution in [3.05, 3.63) is 101 Å². The number of allylic oxidation sites excluding steroid dienone is 1. The third-order valence-electron chi connectivity index (χ3n) is 5.88. The number of nitrogens with one attached hydrogen (secondary N) is 3. The molecule has 5 rings (SSSR count). The van der Waals surface area contributed by atoms with Crippen LogP contribution in [0.3, 0.4) is 0 Å². The molecule has 1 aliphatic rings. The smallest absolute Gasteiger partial charge is 0.262 e. The summed E-state index contributed by atoms with van der Waals surface area (Å²) < 4.78 is 33.4. The normalized spacial score (nSPS) is 12.8. The summed E-state index contributed by atoms with van der Waals surface area (Å²) in [6, 6.07) is 14.9. The van der Waals surface area contributed by atoms with Gasteiger partial charge in [0, 0.05) is 23.2 Å². The zero-order valence-electron chi connectivity index (χ0n) is 21.8. The Kier molecular flexibility index (Phi) is 7.93. The van der Waals surface area contributed by atoms with Gasteiger partial charge in [-0.05, 0) is 48.5 Å². The highest BCUT2D eigenvalue weighted by Gasteiger charge is 2.19. The van der Waals surface area contributed by atoms with Gasteiger partial charge in [-0.25, -0.2) is 18.8 Å². The van der Waals surface area contributed by atoms with E-state index in [1.807, 2.05) is 0 Å². The third-order valence-corrected chi connectivity index (χ3v) is 6.81. The van der Waals surface area contributed by atoms with Gasteiger partial charge in [0.05, 0.1) is 22.0 Å². The number of hydrogen-bond donors (Lipinski definition) is 5. The number of rotatable bonds is 8. The Hall–Kier alpha value is -5.56. The van der Waals surface area contributed by atoms with E-state index in [2.05, 4.69) is 32.5 Å². The predicted octanol–water partition coefficient (Wildman–Crippen LogP) is 5.21. The van der Waals surface area contributed by atoms with Crippen LogP contribution in [0.25, 0.3) is 17.0 Å². The number of fused-ring (bicyclic) bond motifs is 1. The minimum Gasteiger partial charge on any atom is -0.482 e. The predicted molar refractivity (Wildman–Crippen MR) is 160 cm³/mol. The van der Waals surface area contributed by atoms with E-state index >= 15 is 0 Å². The second kappa shape index (κ2) is 11.9.